The van der Waals surface area contributed by atoms with E-state index in [1.54, 1.807) is 0 Å². The number of nitrogens with one attached hydrogen (secondary N) is 1. The Morgan fingerprint density at radius 3 is 2.07 bits per heavy atom. The van der Waals surface area contributed by atoms with E-state index in [2.05, 4.69) is 54.6 Å². The van der Waals surface area contributed by atoms with Gasteiger partial charge in [0.25, 0.3) is 0 Å². The minimum absolute atomic E-state index is 0.349. The van der Waals surface area contributed by atoms with Gasteiger partial charge in [-0.2, -0.15) is 0 Å². The first-order valence-corrected chi connectivity index (χ1v) is 11.1. The summed E-state index contributed by atoms with van der Waals surface area (Å²) in [5.74, 6) is 1.58. The normalized spacial score (nSPS) is 19.9. The molecule has 3 aromatic carbocycles. The third kappa shape index (κ3) is 5.94. The average Bonchev–Trinajstić information content (AvgIpc) is 2.81. The summed E-state index contributed by atoms with van der Waals surface area (Å²) in [5, 5.41) is 10.5. The Bertz CT molecular complexity index is 872. The summed E-state index contributed by atoms with van der Waals surface area (Å²) >= 11 is 0. The van der Waals surface area contributed by atoms with Gasteiger partial charge >= 0.3 is 0 Å². The molecule has 0 spiro atoms. The summed E-state index contributed by atoms with van der Waals surface area (Å²) in [5.41, 5.74) is 3.81. The van der Waals surface area contributed by atoms with Crippen molar-refractivity contribution in [2.75, 3.05) is 26.2 Å². The number of quaternary nitrogens is 1. The van der Waals surface area contributed by atoms with Crippen LogP contribution in [0.1, 0.15) is 18.4 Å². The van der Waals surface area contributed by atoms with Crippen LogP contribution in [0, 0.1) is 5.92 Å². The SMILES string of the molecule is O[C@H](COc1ccc(-c2ccccc2)cc1)C[NH+]1CCC(Cc2ccccc2)CC1. The Labute approximate surface area is 179 Å². The summed E-state index contributed by atoms with van der Waals surface area (Å²) in [6, 6.07) is 29.2. The largest absolute Gasteiger partial charge is 0.491 e. The lowest BCUT2D eigenvalue weighted by atomic mass is 9.90. The predicted molar refractivity (Wildman–Crippen MR) is 122 cm³/mol. The highest BCUT2D eigenvalue weighted by atomic mass is 16.5. The maximum Gasteiger partial charge on any atom is 0.137 e. The lowest BCUT2D eigenvalue weighted by molar-refractivity contribution is -0.909. The molecule has 1 saturated heterocycles. The Balaban J connectivity index is 1.18. The smallest absolute Gasteiger partial charge is 0.137 e. The number of rotatable bonds is 8. The third-order valence-corrected chi connectivity index (χ3v) is 6.11. The molecule has 3 aromatic rings. The lowest BCUT2D eigenvalue weighted by Gasteiger charge is -2.30. The zero-order chi connectivity index (χ0) is 20.6. The van der Waals surface area contributed by atoms with Crippen molar-refractivity contribution in [2.45, 2.75) is 25.4 Å². The van der Waals surface area contributed by atoms with E-state index < -0.39 is 6.10 Å². The van der Waals surface area contributed by atoms with Crippen LogP contribution in [-0.2, 0) is 6.42 Å². The molecule has 156 valence electrons. The standard InChI is InChI=1S/C27H31NO2/c29-26(20-28-17-15-23(16-18-28)19-22-7-3-1-4-8-22)21-30-27-13-11-25(12-14-27)24-9-5-2-6-10-24/h1-14,23,26,29H,15-21H2/p+1/t26-/m0/s1. The number of aliphatic hydroxyl groups is 1. The molecule has 0 saturated carbocycles. The van der Waals surface area contributed by atoms with Crippen molar-refractivity contribution in [3.05, 3.63) is 90.5 Å². The monoisotopic (exact) mass is 402 g/mol. The van der Waals surface area contributed by atoms with Crippen LogP contribution in [0.5, 0.6) is 5.75 Å². The molecule has 0 unspecified atom stereocenters. The highest BCUT2D eigenvalue weighted by Gasteiger charge is 2.24. The van der Waals surface area contributed by atoms with Gasteiger partial charge in [-0.05, 0) is 54.0 Å². The molecular weight excluding hydrogens is 370 g/mol. The van der Waals surface area contributed by atoms with E-state index in [1.807, 2.05) is 30.3 Å². The molecule has 4 rings (SSSR count). The number of likely N-dealkylation sites (tertiary alicyclic amines) is 1. The van der Waals surface area contributed by atoms with Crippen molar-refractivity contribution < 1.29 is 14.7 Å². The van der Waals surface area contributed by atoms with Crippen molar-refractivity contribution in [3.63, 3.8) is 0 Å². The molecule has 2 N–H and O–H groups in total. The van der Waals surface area contributed by atoms with Crippen molar-refractivity contribution in [1.29, 1.82) is 0 Å². The van der Waals surface area contributed by atoms with Crippen LogP contribution < -0.4 is 9.64 Å². The fourth-order valence-corrected chi connectivity index (χ4v) is 4.40. The fraction of sp³-hybridized carbons (Fsp3) is 0.333. The molecule has 1 atom stereocenters. The second-order valence-corrected chi connectivity index (χ2v) is 8.44. The maximum absolute atomic E-state index is 10.5. The highest BCUT2D eigenvalue weighted by molar-refractivity contribution is 5.63. The Morgan fingerprint density at radius 1 is 0.800 bits per heavy atom. The van der Waals surface area contributed by atoms with Gasteiger partial charge in [-0.3, -0.25) is 0 Å². The summed E-state index contributed by atoms with van der Waals surface area (Å²) in [4.78, 5) is 1.50. The van der Waals surface area contributed by atoms with Crippen molar-refractivity contribution >= 4 is 0 Å². The first kappa shape index (κ1) is 20.6. The number of piperidine rings is 1. The molecule has 1 heterocycles. The average molecular weight is 403 g/mol. The lowest BCUT2D eigenvalue weighted by Crippen LogP contribution is -3.14. The van der Waals surface area contributed by atoms with Gasteiger partial charge < -0.3 is 14.7 Å². The highest BCUT2D eigenvalue weighted by Crippen LogP contribution is 2.22. The molecule has 3 nitrogen and oxygen atoms in total. The Morgan fingerprint density at radius 2 is 1.40 bits per heavy atom. The second kappa shape index (κ2) is 10.4. The van der Waals surface area contributed by atoms with E-state index in [-0.39, 0.29) is 0 Å². The molecule has 0 amide bonds. The fourth-order valence-electron chi connectivity index (χ4n) is 4.40. The number of ether oxygens (including phenoxy) is 1. The van der Waals surface area contributed by atoms with Gasteiger partial charge in [0.05, 0.1) is 13.1 Å². The van der Waals surface area contributed by atoms with Crippen LogP contribution in [0.2, 0.25) is 0 Å². The van der Waals surface area contributed by atoms with Crippen LogP contribution in [0.3, 0.4) is 0 Å². The number of hydrogen-bond donors (Lipinski definition) is 2. The molecule has 0 radical (unpaired) electrons. The minimum Gasteiger partial charge on any atom is -0.491 e. The van der Waals surface area contributed by atoms with E-state index >= 15 is 0 Å². The van der Waals surface area contributed by atoms with Gasteiger partial charge in [0.15, 0.2) is 0 Å². The van der Waals surface area contributed by atoms with Gasteiger partial charge in [-0.1, -0.05) is 72.8 Å². The van der Waals surface area contributed by atoms with Gasteiger partial charge in [0.1, 0.15) is 25.0 Å². The molecule has 30 heavy (non-hydrogen) atoms. The van der Waals surface area contributed by atoms with Crippen molar-refractivity contribution in [3.8, 4) is 16.9 Å². The van der Waals surface area contributed by atoms with Crippen LogP contribution >= 0.6 is 0 Å². The maximum atomic E-state index is 10.5. The van der Waals surface area contributed by atoms with Gasteiger partial charge in [0.2, 0.25) is 0 Å². The summed E-state index contributed by atoms with van der Waals surface area (Å²) in [6.45, 7) is 3.39. The van der Waals surface area contributed by atoms with Crippen molar-refractivity contribution in [1.82, 2.24) is 0 Å². The van der Waals surface area contributed by atoms with Crippen LogP contribution in [0.4, 0.5) is 0 Å². The zero-order valence-corrected chi connectivity index (χ0v) is 17.5. The molecule has 1 aliphatic rings. The Kier molecular flexibility index (Phi) is 7.17. The van der Waals surface area contributed by atoms with Crippen LogP contribution in [0.15, 0.2) is 84.9 Å². The number of hydrogen-bond acceptors (Lipinski definition) is 2. The van der Waals surface area contributed by atoms with Gasteiger partial charge in [-0.15, -0.1) is 0 Å². The minimum atomic E-state index is -0.431. The van der Waals surface area contributed by atoms with E-state index in [4.69, 9.17) is 4.74 Å². The van der Waals surface area contributed by atoms with Gasteiger partial charge in [-0.25, -0.2) is 0 Å². The topological polar surface area (TPSA) is 33.9 Å². The van der Waals surface area contributed by atoms with E-state index in [0.29, 0.717) is 6.61 Å². The van der Waals surface area contributed by atoms with Crippen LogP contribution in [-0.4, -0.2) is 37.5 Å². The summed E-state index contributed by atoms with van der Waals surface area (Å²) in [7, 11) is 0. The van der Waals surface area contributed by atoms with Crippen molar-refractivity contribution in [2.24, 2.45) is 5.92 Å². The molecule has 1 fully saturated rings. The quantitative estimate of drug-likeness (QED) is 0.603. The predicted octanol–water partition coefficient (Wildman–Crippen LogP) is 3.63. The molecule has 0 aromatic heterocycles. The third-order valence-electron chi connectivity index (χ3n) is 6.11. The molecule has 0 bridgehead atoms. The molecule has 1 aliphatic heterocycles. The first-order valence-electron chi connectivity index (χ1n) is 11.1. The van der Waals surface area contributed by atoms with E-state index in [9.17, 15) is 5.11 Å². The Hall–Kier alpha value is -2.62. The number of benzene rings is 3. The molecular formula is C27H32NO2+. The van der Waals surface area contributed by atoms with Gasteiger partial charge in [0, 0.05) is 0 Å². The summed E-state index contributed by atoms with van der Waals surface area (Å²) in [6.07, 6.45) is 3.22. The van der Waals surface area contributed by atoms with E-state index in [1.165, 1.54) is 40.9 Å². The number of aliphatic hydroxyl groups excluding tert-OH is 1. The van der Waals surface area contributed by atoms with Crippen LogP contribution in [0.25, 0.3) is 11.1 Å². The first-order chi connectivity index (χ1) is 14.8. The molecule has 0 aliphatic carbocycles. The second-order valence-electron chi connectivity index (χ2n) is 8.44. The zero-order valence-electron chi connectivity index (χ0n) is 17.5. The molecule has 3 heteroatoms. The van der Waals surface area contributed by atoms with E-state index in [0.717, 1.165) is 31.3 Å². The summed E-state index contributed by atoms with van der Waals surface area (Å²) < 4.78 is 5.84.